The molecule has 1 aromatic rings. The normalized spacial score (nSPS) is 19.8. The lowest BCUT2D eigenvalue weighted by Gasteiger charge is -2.33. The van der Waals surface area contributed by atoms with Crippen molar-refractivity contribution in [1.29, 1.82) is 0 Å². The number of nitrogens with two attached hydrogens (primary N) is 1. The van der Waals surface area contributed by atoms with Crippen LogP contribution in [0.1, 0.15) is 28.6 Å². The maximum Gasteiger partial charge on any atom is 0.275 e. The fourth-order valence-corrected chi connectivity index (χ4v) is 3.09. The monoisotopic (exact) mass is 296 g/mol. The minimum Gasteiger partial charge on any atom is -0.294 e. The third-order valence-electron chi connectivity index (χ3n) is 3.20. The van der Waals surface area contributed by atoms with Crippen molar-refractivity contribution in [3.8, 4) is 0 Å². The third kappa shape index (κ3) is 2.87. The van der Waals surface area contributed by atoms with Gasteiger partial charge in [-0.3, -0.25) is 30.0 Å². The van der Waals surface area contributed by atoms with Gasteiger partial charge in [0.25, 0.3) is 5.91 Å². The van der Waals surface area contributed by atoms with Gasteiger partial charge in [0.1, 0.15) is 0 Å². The van der Waals surface area contributed by atoms with Crippen molar-refractivity contribution in [3.63, 3.8) is 0 Å². The van der Waals surface area contributed by atoms with Gasteiger partial charge in [-0.25, -0.2) is 5.84 Å². The van der Waals surface area contributed by atoms with E-state index >= 15 is 0 Å². The molecule has 3 amide bonds. The van der Waals surface area contributed by atoms with Crippen LogP contribution in [0.4, 0.5) is 0 Å². The Hall–Kier alpha value is -1.77. The summed E-state index contributed by atoms with van der Waals surface area (Å²) in [5.74, 6) is 4.17. The summed E-state index contributed by atoms with van der Waals surface area (Å²) in [5.41, 5.74) is 2.86. The lowest BCUT2D eigenvalue weighted by atomic mass is 10.1. The van der Waals surface area contributed by atoms with Crippen LogP contribution in [0.25, 0.3) is 0 Å². The number of hydrogen-bond donors (Lipinski definition) is 3. The Labute approximate surface area is 120 Å². The molecule has 0 spiro atoms. The van der Waals surface area contributed by atoms with Gasteiger partial charge < -0.3 is 0 Å². The topological polar surface area (TPSA) is 105 Å². The number of carbonyl (C=O) groups is 3. The molecule has 1 aromatic heterocycles. The number of hydrogen-bond acceptors (Lipinski definition) is 6. The standard InChI is InChI=1S/C12H16N4O3S/c1-2-8-11(18)14-9(17)6-16(8)5-7-3-4-20-10(7)12(19)15-13/h3-4,8H,2,5-6,13H2,1H3,(H,15,19)(H,14,17,18). The molecule has 0 aliphatic carbocycles. The van der Waals surface area contributed by atoms with E-state index in [1.165, 1.54) is 11.3 Å². The first-order valence-electron chi connectivity index (χ1n) is 6.21. The molecule has 8 heteroatoms. The summed E-state index contributed by atoms with van der Waals surface area (Å²) in [4.78, 5) is 37.2. The van der Waals surface area contributed by atoms with E-state index in [1.807, 2.05) is 6.92 Å². The SMILES string of the molecule is CCC1C(=O)NC(=O)CN1Cc1ccsc1C(=O)NN. The summed E-state index contributed by atoms with van der Waals surface area (Å²) in [7, 11) is 0. The molecule has 7 nitrogen and oxygen atoms in total. The fraction of sp³-hybridized carbons (Fsp3) is 0.417. The Balaban J connectivity index is 2.19. The molecular weight excluding hydrogens is 280 g/mol. The summed E-state index contributed by atoms with van der Waals surface area (Å²) in [6.07, 6.45) is 0.599. The summed E-state index contributed by atoms with van der Waals surface area (Å²) >= 11 is 1.28. The number of piperazine rings is 1. The van der Waals surface area contributed by atoms with E-state index in [0.29, 0.717) is 17.8 Å². The van der Waals surface area contributed by atoms with Crippen LogP contribution in [0.3, 0.4) is 0 Å². The van der Waals surface area contributed by atoms with Gasteiger partial charge in [0.2, 0.25) is 11.8 Å². The zero-order chi connectivity index (χ0) is 14.7. The molecule has 0 saturated carbocycles. The average molecular weight is 296 g/mol. The highest BCUT2D eigenvalue weighted by atomic mass is 32.1. The second kappa shape index (κ2) is 6.12. The Kier molecular flexibility index (Phi) is 4.48. The van der Waals surface area contributed by atoms with Crippen molar-refractivity contribution in [2.75, 3.05) is 6.54 Å². The lowest BCUT2D eigenvalue weighted by Crippen LogP contribution is -2.57. The minimum atomic E-state index is -0.365. The number of hydrazine groups is 1. The van der Waals surface area contributed by atoms with E-state index in [0.717, 1.165) is 5.56 Å². The molecular formula is C12H16N4O3S. The highest BCUT2D eigenvalue weighted by Crippen LogP contribution is 2.21. The van der Waals surface area contributed by atoms with Crippen molar-refractivity contribution in [2.24, 2.45) is 5.84 Å². The van der Waals surface area contributed by atoms with Gasteiger partial charge in [0.15, 0.2) is 0 Å². The van der Waals surface area contributed by atoms with E-state index in [-0.39, 0.29) is 30.3 Å². The van der Waals surface area contributed by atoms with Crippen molar-refractivity contribution in [3.05, 3.63) is 21.9 Å². The van der Waals surface area contributed by atoms with Gasteiger partial charge >= 0.3 is 0 Å². The van der Waals surface area contributed by atoms with Crippen LogP contribution >= 0.6 is 11.3 Å². The summed E-state index contributed by atoms with van der Waals surface area (Å²) in [5, 5.41) is 4.11. The summed E-state index contributed by atoms with van der Waals surface area (Å²) in [6.45, 7) is 2.39. The molecule has 0 aromatic carbocycles. The van der Waals surface area contributed by atoms with Gasteiger partial charge in [0, 0.05) is 6.54 Å². The maximum atomic E-state index is 11.8. The number of amides is 3. The maximum absolute atomic E-state index is 11.8. The van der Waals surface area contributed by atoms with E-state index in [2.05, 4.69) is 10.7 Å². The van der Waals surface area contributed by atoms with Crippen LogP contribution in [-0.2, 0) is 16.1 Å². The molecule has 20 heavy (non-hydrogen) atoms. The Bertz CT molecular complexity index is 543. The number of nitrogen functional groups attached to an aromatic ring is 1. The molecule has 0 bridgehead atoms. The van der Waals surface area contributed by atoms with E-state index in [9.17, 15) is 14.4 Å². The van der Waals surface area contributed by atoms with Crippen LogP contribution in [0.15, 0.2) is 11.4 Å². The summed E-state index contributed by atoms with van der Waals surface area (Å²) < 4.78 is 0. The Morgan fingerprint density at radius 3 is 3.00 bits per heavy atom. The molecule has 2 heterocycles. The second-order valence-electron chi connectivity index (χ2n) is 4.49. The number of carbonyl (C=O) groups excluding carboxylic acids is 3. The zero-order valence-corrected chi connectivity index (χ0v) is 11.8. The quantitative estimate of drug-likeness (QED) is 0.303. The highest BCUT2D eigenvalue weighted by Gasteiger charge is 2.32. The van der Waals surface area contributed by atoms with E-state index < -0.39 is 0 Å². The highest BCUT2D eigenvalue weighted by molar-refractivity contribution is 7.12. The number of rotatable bonds is 4. The van der Waals surface area contributed by atoms with E-state index in [4.69, 9.17) is 5.84 Å². The van der Waals surface area contributed by atoms with Crippen molar-refractivity contribution in [1.82, 2.24) is 15.6 Å². The Morgan fingerprint density at radius 2 is 2.35 bits per heavy atom. The molecule has 1 aliphatic rings. The van der Waals surface area contributed by atoms with Crippen molar-refractivity contribution >= 4 is 29.1 Å². The smallest absolute Gasteiger partial charge is 0.275 e. The van der Waals surface area contributed by atoms with E-state index in [1.54, 1.807) is 16.3 Å². The molecule has 1 unspecified atom stereocenters. The van der Waals surface area contributed by atoms with Crippen LogP contribution in [-0.4, -0.2) is 35.2 Å². The van der Waals surface area contributed by atoms with Gasteiger partial charge in [-0.05, 0) is 23.4 Å². The zero-order valence-electron chi connectivity index (χ0n) is 11.0. The lowest BCUT2D eigenvalue weighted by molar-refractivity contribution is -0.140. The van der Waals surface area contributed by atoms with Crippen LogP contribution < -0.4 is 16.6 Å². The van der Waals surface area contributed by atoms with Crippen molar-refractivity contribution in [2.45, 2.75) is 25.9 Å². The Morgan fingerprint density at radius 1 is 1.60 bits per heavy atom. The largest absolute Gasteiger partial charge is 0.294 e. The summed E-state index contributed by atoms with van der Waals surface area (Å²) in [6, 6.07) is 1.44. The number of thiophene rings is 1. The molecule has 0 radical (unpaired) electrons. The predicted molar refractivity (Wildman–Crippen MR) is 73.6 cm³/mol. The molecule has 1 atom stereocenters. The van der Waals surface area contributed by atoms with Gasteiger partial charge in [-0.1, -0.05) is 6.92 Å². The molecule has 1 fully saturated rings. The predicted octanol–water partition coefficient (Wildman–Crippen LogP) is -0.411. The number of nitrogens with one attached hydrogen (secondary N) is 2. The third-order valence-corrected chi connectivity index (χ3v) is 4.15. The molecule has 1 aliphatic heterocycles. The fourth-order valence-electron chi connectivity index (χ4n) is 2.27. The molecule has 1 saturated heterocycles. The molecule has 108 valence electrons. The van der Waals surface area contributed by atoms with Crippen LogP contribution in [0, 0.1) is 0 Å². The first-order chi connectivity index (χ1) is 9.56. The molecule has 4 N–H and O–H groups in total. The second-order valence-corrected chi connectivity index (χ2v) is 5.41. The first-order valence-corrected chi connectivity index (χ1v) is 7.09. The van der Waals surface area contributed by atoms with Crippen LogP contribution in [0.5, 0.6) is 0 Å². The van der Waals surface area contributed by atoms with Crippen molar-refractivity contribution < 1.29 is 14.4 Å². The van der Waals surface area contributed by atoms with Gasteiger partial charge in [-0.2, -0.15) is 0 Å². The first kappa shape index (κ1) is 14.6. The number of nitrogens with zero attached hydrogens (tertiary/aromatic N) is 1. The molecule has 2 rings (SSSR count). The minimum absolute atomic E-state index is 0.143. The number of imide groups is 1. The average Bonchev–Trinajstić information content (AvgIpc) is 2.85. The van der Waals surface area contributed by atoms with Gasteiger partial charge in [-0.15, -0.1) is 11.3 Å². The van der Waals surface area contributed by atoms with Gasteiger partial charge in [0.05, 0.1) is 17.5 Å². The van der Waals surface area contributed by atoms with Crippen LogP contribution in [0.2, 0.25) is 0 Å².